The van der Waals surface area contributed by atoms with Gasteiger partial charge in [-0.3, -0.25) is 5.10 Å². The summed E-state index contributed by atoms with van der Waals surface area (Å²) in [5, 5.41) is 13.7. The molecule has 3 aromatic heterocycles. The first-order valence-corrected chi connectivity index (χ1v) is 9.38. The standard InChI is InChI=1S/C17H13N5OS2/c1-2-5-12(6-3-1)8-9-14-19-17(21-20-14)25-11-15-18-16(23-22-15)13-7-4-10-24-13/h1-10H,11H2,(H,19,20,21)/b9-8+. The van der Waals surface area contributed by atoms with Crippen LogP contribution in [0.3, 0.4) is 0 Å². The molecule has 0 atom stereocenters. The third-order valence-electron chi connectivity index (χ3n) is 3.25. The van der Waals surface area contributed by atoms with Gasteiger partial charge in [0.2, 0.25) is 5.16 Å². The molecule has 1 N–H and O–H groups in total. The van der Waals surface area contributed by atoms with Crippen LogP contribution >= 0.6 is 23.1 Å². The number of hydrogen-bond acceptors (Lipinski definition) is 7. The van der Waals surface area contributed by atoms with E-state index in [4.69, 9.17) is 4.52 Å². The average molecular weight is 367 g/mol. The predicted molar refractivity (Wildman–Crippen MR) is 98.9 cm³/mol. The van der Waals surface area contributed by atoms with Gasteiger partial charge in [-0.1, -0.05) is 59.4 Å². The molecule has 0 spiro atoms. The summed E-state index contributed by atoms with van der Waals surface area (Å²) in [6.45, 7) is 0. The molecule has 0 unspecified atom stereocenters. The quantitative estimate of drug-likeness (QED) is 0.509. The van der Waals surface area contributed by atoms with Crippen molar-refractivity contribution in [2.24, 2.45) is 0 Å². The van der Waals surface area contributed by atoms with E-state index in [1.54, 1.807) is 11.3 Å². The maximum atomic E-state index is 5.27. The molecule has 0 saturated carbocycles. The van der Waals surface area contributed by atoms with Gasteiger partial charge in [0, 0.05) is 0 Å². The van der Waals surface area contributed by atoms with Crippen molar-refractivity contribution in [3.63, 3.8) is 0 Å². The van der Waals surface area contributed by atoms with Crippen molar-refractivity contribution >= 4 is 35.3 Å². The average Bonchev–Trinajstić information content (AvgIpc) is 3.40. The molecular weight excluding hydrogens is 354 g/mol. The summed E-state index contributed by atoms with van der Waals surface area (Å²) in [4.78, 5) is 9.77. The summed E-state index contributed by atoms with van der Waals surface area (Å²) in [6.07, 6.45) is 3.89. The van der Waals surface area contributed by atoms with Crippen molar-refractivity contribution in [3.05, 3.63) is 65.1 Å². The highest BCUT2D eigenvalue weighted by molar-refractivity contribution is 7.98. The fourth-order valence-corrected chi connectivity index (χ4v) is 3.37. The number of H-pyrrole nitrogens is 1. The minimum atomic E-state index is 0.548. The normalized spacial score (nSPS) is 11.4. The largest absolute Gasteiger partial charge is 0.333 e. The molecule has 0 aliphatic carbocycles. The number of benzene rings is 1. The molecule has 0 bridgehead atoms. The molecule has 4 aromatic rings. The van der Waals surface area contributed by atoms with E-state index in [1.165, 1.54) is 11.8 Å². The van der Waals surface area contributed by atoms with Crippen LogP contribution in [0.4, 0.5) is 0 Å². The van der Waals surface area contributed by atoms with Crippen molar-refractivity contribution in [1.82, 2.24) is 25.3 Å². The lowest BCUT2D eigenvalue weighted by atomic mass is 10.2. The zero-order chi connectivity index (χ0) is 16.9. The van der Waals surface area contributed by atoms with Crippen LogP contribution in [0, 0.1) is 0 Å². The Balaban J connectivity index is 1.36. The maximum Gasteiger partial charge on any atom is 0.268 e. The van der Waals surface area contributed by atoms with Gasteiger partial charge in [0.1, 0.15) is 5.82 Å². The number of nitrogens with one attached hydrogen (secondary N) is 1. The van der Waals surface area contributed by atoms with E-state index in [1.807, 2.05) is 60.0 Å². The fourth-order valence-electron chi connectivity index (χ4n) is 2.08. The van der Waals surface area contributed by atoms with E-state index in [0.717, 1.165) is 10.4 Å². The van der Waals surface area contributed by atoms with E-state index in [-0.39, 0.29) is 0 Å². The number of thioether (sulfide) groups is 1. The summed E-state index contributed by atoms with van der Waals surface area (Å²) < 4.78 is 5.27. The van der Waals surface area contributed by atoms with Gasteiger partial charge in [0.15, 0.2) is 5.82 Å². The third-order valence-corrected chi connectivity index (χ3v) is 4.95. The third kappa shape index (κ3) is 4.04. The van der Waals surface area contributed by atoms with Crippen LogP contribution in [0.15, 0.2) is 57.5 Å². The van der Waals surface area contributed by atoms with E-state index in [2.05, 4.69) is 25.3 Å². The Bertz CT molecular complexity index is 960. The molecule has 0 aliphatic heterocycles. The molecule has 3 heterocycles. The zero-order valence-corrected chi connectivity index (χ0v) is 14.6. The van der Waals surface area contributed by atoms with Crippen molar-refractivity contribution in [3.8, 4) is 10.8 Å². The Morgan fingerprint density at radius 2 is 2.00 bits per heavy atom. The monoisotopic (exact) mass is 367 g/mol. The second kappa shape index (κ2) is 7.45. The topological polar surface area (TPSA) is 80.5 Å². The first-order valence-electron chi connectivity index (χ1n) is 7.51. The number of aromatic amines is 1. The molecule has 0 saturated heterocycles. The van der Waals surface area contributed by atoms with Gasteiger partial charge in [0.25, 0.3) is 5.89 Å². The summed E-state index contributed by atoms with van der Waals surface area (Å²) in [5.41, 5.74) is 1.11. The highest BCUT2D eigenvalue weighted by atomic mass is 32.2. The number of aromatic nitrogens is 5. The number of rotatable bonds is 6. The Morgan fingerprint density at radius 3 is 2.84 bits per heavy atom. The lowest BCUT2D eigenvalue weighted by Crippen LogP contribution is -1.85. The SMILES string of the molecule is C(=C\c1nc(SCc2noc(-c3cccs3)n2)n[nH]1)/c1ccccc1. The van der Waals surface area contributed by atoms with Crippen LogP contribution in [-0.4, -0.2) is 25.3 Å². The molecule has 0 radical (unpaired) electrons. The molecule has 6 nitrogen and oxygen atoms in total. The minimum absolute atomic E-state index is 0.548. The summed E-state index contributed by atoms with van der Waals surface area (Å²) >= 11 is 3.03. The molecular formula is C17H13N5OS2. The van der Waals surface area contributed by atoms with Crippen LogP contribution in [0.1, 0.15) is 17.2 Å². The Morgan fingerprint density at radius 1 is 1.08 bits per heavy atom. The van der Waals surface area contributed by atoms with E-state index >= 15 is 0 Å². The van der Waals surface area contributed by atoms with Gasteiger partial charge in [0.05, 0.1) is 10.6 Å². The Hall–Kier alpha value is -2.71. The van der Waals surface area contributed by atoms with Crippen molar-refractivity contribution < 1.29 is 4.52 Å². The minimum Gasteiger partial charge on any atom is -0.333 e. The molecule has 1 aromatic carbocycles. The van der Waals surface area contributed by atoms with E-state index < -0.39 is 0 Å². The first kappa shape index (κ1) is 15.8. The van der Waals surface area contributed by atoms with Gasteiger partial charge < -0.3 is 4.52 Å². The Kier molecular flexibility index (Phi) is 4.71. The smallest absolute Gasteiger partial charge is 0.268 e. The molecule has 25 heavy (non-hydrogen) atoms. The zero-order valence-electron chi connectivity index (χ0n) is 13.0. The van der Waals surface area contributed by atoms with Crippen molar-refractivity contribution in [1.29, 1.82) is 0 Å². The fraction of sp³-hybridized carbons (Fsp3) is 0.0588. The molecule has 4 rings (SSSR count). The van der Waals surface area contributed by atoms with Crippen LogP contribution in [0.5, 0.6) is 0 Å². The lowest BCUT2D eigenvalue weighted by molar-refractivity contribution is 0.426. The predicted octanol–water partition coefficient (Wildman–Crippen LogP) is 4.38. The summed E-state index contributed by atoms with van der Waals surface area (Å²) in [7, 11) is 0. The van der Waals surface area contributed by atoms with E-state index in [9.17, 15) is 0 Å². The summed E-state index contributed by atoms with van der Waals surface area (Å²) in [6, 6.07) is 14.0. The van der Waals surface area contributed by atoms with Crippen LogP contribution in [0.2, 0.25) is 0 Å². The molecule has 0 fully saturated rings. The van der Waals surface area contributed by atoms with Gasteiger partial charge in [-0.25, -0.2) is 4.98 Å². The van der Waals surface area contributed by atoms with Gasteiger partial charge in [-0.15, -0.1) is 16.4 Å². The number of hydrogen-bond donors (Lipinski definition) is 1. The van der Waals surface area contributed by atoms with Crippen molar-refractivity contribution in [2.45, 2.75) is 10.9 Å². The highest BCUT2D eigenvalue weighted by Crippen LogP contribution is 2.24. The van der Waals surface area contributed by atoms with Crippen LogP contribution in [-0.2, 0) is 5.75 Å². The number of thiophene rings is 1. The molecule has 8 heteroatoms. The molecule has 124 valence electrons. The maximum absolute atomic E-state index is 5.27. The van der Waals surface area contributed by atoms with Gasteiger partial charge in [-0.05, 0) is 23.1 Å². The molecule has 0 amide bonds. The lowest BCUT2D eigenvalue weighted by Gasteiger charge is -1.90. The van der Waals surface area contributed by atoms with Gasteiger partial charge in [-0.2, -0.15) is 4.98 Å². The Labute approximate surface area is 152 Å². The second-order valence-electron chi connectivity index (χ2n) is 5.03. The van der Waals surface area contributed by atoms with Crippen molar-refractivity contribution in [2.75, 3.05) is 0 Å². The first-order chi connectivity index (χ1) is 12.4. The highest BCUT2D eigenvalue weighted by Gasteiger charge is 2.11. The number of nitrogens with zero attached hydrogens (tertiary/aromatic N) is 4. The second-order valence-corrected chi connectivity index (χ2v) is 6.92. The van der Waals surface area contributed by atoms with Gasteiger partial charge >= 0.3 is 0 Å². The molecule has 0 aliphatic rings. The van der Waals surface area contributed by atoms with Crippen LogP contribution < -0.4 is 0 Å². The summed E-state index contributed by atoms with van der Waals surface area (Å²) in [5.74, 6) is 2.43. The van der Waals surface area contributed by atoms with E-state index in [0.29, 0.717) is 28.4 Å². The van der Waals surface area contributed by atoms with Crippen LogP contribution in [0.25, 0.3) is 22.9 Å².